The molecule has 0 unspecified atom stereocenters. The maximum absolute atomic E-state index is 13.8. The first-order chi connectivity index (χ1) is 10.1. The lowest BCUT2D eigenvalue weighted by atomic mass is 10.1. The Hall–Kier alpha value is -2.19. The summed E-state index contributed by atoms with van der Waals surface area (Å²) in [4.78, 5) is 13.7. The SMILES string of the molecule is N#CCN(Cc1ccccc1)C(=O)c1cc(Br)ccc1F. The van der Waals surface area contributed by atoms with Gasteiger partial charge < -0.3 is 4.90 Å². The van der Waals surface area contributed by atoms with Crippen molar-refractivity contribution >= 4 is 21.8 Å². The Kier molecular flexibility index (Phi) is 5.07. The Morgan fingerprint density at radius 3 is 2.62 bits per heavy atom. The van der Waals surface area contributed by atoms with E-state index >= 15 is 0 Å². The second kappa shape index (κ2) is 7.00. The molecule has 3 nitrogen and oxygen atoms in total. The van der Waals surface area contributed by atoms with Gasteiger partial charge >= 0.3 is 0 Å². The van der Waals surface area contributed by atoms with E-state index in [-0.39, 0.29) is 18.7 Å². The Morgan fingerprint density at radius 2 is 1.95 bits per heavy atom. The Balaban J connectivity index is 2.27. The highest BCUT2D eigenvalue weighted by molar-refractivity contribution is 9.10. The van der Waals surface area contributed by atoms with E-state index in [2.05, 4.69) is 15.9 Å². The van der Waals surface area contributed by atoms with Crippen molar-refractivity contribution in [2.75, 3.05) is 6.54 Å². The molecular weight excluding hydrogens is 335 g/mol. The molecule has 0 heterocycles. The van der Waals surface area contributed by atoms with Gasteiger partial charge in [0.25, 0.3) is 5.91 Å². The predicted octanol–water partition coefficient (Wildman–Crippen LogP) is 3.75. The largest absolute Gasteiger partial charge is 0.321 e. The second-order valence-electron chi connectivity index (χ2n) is 4.43. The number of amides is 1. The van der Waals surface area contributed by atoms with E-state index in [0.717, 1.165) is 5.56 Å². The van der Waals surface area contributed by atoms with Crippen LogP contribution in [-0.2, 0) is 6.54 Å². The van der Waals surface area contributed by atoms with Crippen molar-refractivity contribution in [2.24, 2.45) is 0 Å². The summed E-state index contributed by atoms with van der Waals surface area (Å²) < 4.78 is 14.4. The molecule has 0 aliphatic carbocycles. The van der Waals surface area contributed by atoms with Crippen molar-refractivity contribution in [1.82, 2.24) is 4.90 Å². The number of carbonyl (C=O) groups is 1. The molecule has 0 spiro atoms. The van der Waals surface area contributed by atoms with Crippen LogP contribution in [0, 0.1) is 17.1 Å². The summed E-state index contributed by atoms with van der Waals surface area (Å²) >= 11 is 3.22. The van der Waals surface area contributed by atoms with Gasteiger partial charge in [-0.1, -0.05) is 46.3 Å². The third-order valence-electron chi connectivity index (χ3n) is 2.92. The average molecular weight is 347 g/mol. The summed E-state index contributed by atoms with van der Waals surface area (Å²) in [7, 11) is 0. The molecule has 0 fully saturated rings. The summed E-state index contributed by atoms with van der Waals surface area (Å²) in [5.74, 6) is -1.10. The first-order valence-electron chi connectivity index (χ1n) is 6.27. The molecular formula is C16H12BrFN2O. The van der Waals surface area contributed by atoms with Crippen LogP contribution in [-0.4, -0.2) is 17.4 Å². The van der Waals surface area contributed by atoms with E-state index in [9.17, 15) is 9.18 Å². The van der Waals surface area contributed by atoms with Gasteiger partial charge in [0.05, 0.1) is 11.6 Å². The molecule has 0 aromatic heterocycles. The number of carbonyl (C=O) groups excluding carboxylic acids is 1. The molecule has 21 heavy (non-hydrogen) atoms. The highest BCUT2D eigenvalue weighted by atomic mass is 79.9. The molecule has 1 amide bonds. The van der Waals surface area contributed by atoms with Gasteiger partial charge in [-0.15, -0.1) is 0 Å². The summed E-state index contributed by atoms with van der Waals surface area (Å²) in [6, 6.07) is 15.4. The highest BCUT2D eigenvalue weighted by Crippen LogP contribution is 2.18. The van der Waals surface area contributed by atoms with Gasteiger partial charge in [0.1, 0.15) is 12.4 Å². The molecule has 0 aliphatic rings. The minimum atomic E-state index is -0.598. The standard InChI is InChI=1S/C16H12BrFN2O/c17-13-6-7-15(18)14(10-13)16(21)20(9-8-19)11-12-4-2-1-3-5-12/h1-7,10H,9,11H2. The topological polar surface area (TPSA) is 44.1 Å². The van der Waals surface area contributed by atoms with Crippen molar-refractivity contribution in [3.63, 3.8) is 0 Å². The number of rotatable bonds is 4. The van der Waals surface area contributed by atoms with E-state index in [1.807, 2.05) is 36.4 Å². The van der Waals surface area contributed by atoms with Gasteiger partial charge in [-0.2, -0.15) is 5.26 Å². The van der Waals surface area contributed by atoms with E-state index in [0.29, 0.717) is 4.47 Å². The first kappa shape index (κ1) is 15.2. The van der Waals surface area contributed by atoms with Crippen molar-refractivity contribution in [3.8, 4) is 6.07 Å². The van der Waals surface area contributed by atoms with Gasteiger partial charge in [0.2, 0.25) is 0 Å². The van der Waals surface area contributed by atoms with Crippen LogP contribution >= 0.6 is 15.9 Å². The van der Waals surface area contributed by atoms with Crippen LogP contribution in [0.3, 0.4) is 0 Å². The average Bonchev–Trinajstić information content (AvgIpc) is 2.49. The minimum Gasteiger partial charge on any atom is -0.321 e. The molecule has 0 saturated heterocycles. The van der Waals surface area contributed by atoms with Crippen LogP contribution in [0.2, 0.25) is 0 Å². The van der Waals surface area contributed by atoms with E-state index < -0.39 is 11.7 Å². The lowest BCUT2D eigenvalue weighted by molar-refractivity contribution is 0.0760. The van der Waals surface area contributed by atoms with Gasteiger partial charge in [-0.25, -0.2) is 4.39 Å². The Bertz CT molecular complexity index is 682. The van der Waals surface area contributed by atoms with E-state index in [1.165, 1.54) is 23.1 Å². The number of nitrogens with zero attached hydrogens (tertiary/aromatic N) is 2. The van der Waals surface area contributed by atoms with Crippen LogP contribution in [0.4, 0.5) is 4.39 Å². The maximum Gasteiger partial charge on any atom is 0.258 e. The third kappa shape index (κ3) is 3.89. The number of hydrogen-bond donors (Lipinski definition) is 0. The van der Waals surface area contributed by atoms with E-state index in [1.54, 1.807) is 0 Å². The van der Waals surface area contributed by atoms with Gasteiger partial charge in [-0.3, -0.25) is 4.79 Å². The molecule has 5 heteroatoms. The van der Waals surface area contributed by atoms with Crippen molar-refractivity contribution < 1.29 is 9.18 Å². The molecule has 2 rings (SSSR count). The van der Waals surface area contributed by atoms with Crippen LogP contribution in [0.15, 0.2) is 53.0 Å². The first-order valence-corrected chi connectivity index (χ1v) is 7.06. The number of nitriles is 1. The molecule has 0 N–H and O–H groups in total. The fourth-order valence-electron chi connectivity index (χ4n) is 1.92. The van der Waals surface area contributed by atoms with Gasteiger partial charge in [-0.05, 0) is 23.8 Å². The summed E-state index contributed by atoms with van der Waals surface area (Å²) in [6.45, 7) is 0.166. The summed E-state index contributed by atoms with van der Waals surface area (Å²) in [5, 5.41) is 8.89. The van der Waals surface area contributed by atoms with Gasteiger partial charge in [0.15, 0.2) is 0 Å². The van der Waals surface area contributed by atoms with Crippen LogP contribution in [0.1, 0.15) is 15.9 Å². The summed E-state index contributed by atoms with van der Waals surface area (Å²) in [6.07, 6.45) is 0. The molecule has 2 aromatic carbocycles. The van der Waals surface area contributed by atoms with E-state index in [4.69, 9.17) is 5.26 Å². The molecule has 0 radical (unpaired) electrons. The number of benzene rings is 2. The second-order valence-corrected chi connectivity index (χ2v) is 5.34. The smallest absolute Gasteiger partial charge is 0.258 e. The van der Waals surface area contributed by atoms with Crippen LogP contribution < -0.4 is 0 Å². The molecule has 0 aliphatic heterocycles. The van der Waals surface area contributed by atoms with Crippen LogP contribution in [0.25, 0.3) is 0 Å². The number of halogens is 2. The Morgan fingerprint density at radius 1 is 1.24 bits per heavy atom. The molecule has 2 aromatic rings. The third-order valence-corrected chi connectivity index (χ3v) is 3.42. The molecule has 0 saturated carbocycles. The van der Waals surface area contributed by atoms with Crippen molar-refractivity contribution in [1.29, 1.82) is 5.26 Å². The zero-order valence-corrected chi connectivity index (χ0v) is 12.7. The van der Waals surface area contributed by atoms with Crippen molar-refractivity contribution in [2.45, 2.75) is 6.54 Å². The van der Waals surface area contributed by atoms with Gasteiger partial charge in [0, 0.05) is 11.0 Å². The fourth-order valence-corrected chi connectivity index (χ4v) is 2.28. The lowest BCUT2D eigenvalue weighted by Crippen LogP contribution is -2.31. The molecule has 106 valence electrons. The Labute approximate surface area is 130 Å². The number of hydrogen-bond acceptors (Lipinski definition) is 2. The highest BCUT2D eigenvalue weighted by Gasteiger charge is 2.19. The monoisotopic (exact) mass is 346 g/mol. The molecule has 0 atom stereocenters. The zero-order chi connectivity index (χ0) is 15.2. The fraction of sp³-hybridized carbons (Fsp3) is 0.125. The maximum atomic E-state index is 13.8. The quantitative estimate of drug-likeness (QED) is 0.791. The zero-order valence-electron chi connectivity index (χ0n) is 11.1. The summed E-state index contributed by atoms with van der Waals surface area (Å²) in [5.41, 5.74) is 0.840. The lowest BCUT2D eigenvalue weighted by Gasteiger charge is -2.20. The molecule has 0 bridgehead atoms. The van der Waals surface area contributed by atoms with Crippen molar-refractivity contribution in [3.05, 3.63) is 69.9 Å². The minimum absolute atomic E-state index is 0.0458. The normalized spacial score (nSPS) is 9.95. The van der Waals surface area contributed by atoms with Crippen LogP contribution in [0.5, 0.6) is 0 Å². The predicted molar refractivity (Wildman–Crippen MR) is 80.9 cm³/mol.